The second kappa shape index (κ2) is 9.75. The van der Waals surface area contributed by atoms with Crippen molar-refractivity contribution in [2.75, 3.05) is 10.6 Å². The van der Waals surface area contributed by atoms with E-state index in [0.29, 0.717) is 22.7 Å². The van der Waals surface area contributed by atoms with Gasteiger partial charge in [-0.3, -0.25) is 14.9 Å². The van der Waals surface area contributed by atoms with Crippen molar-refractivity contribution in [3.63, 3.8) is 0 Å². The number of H-pyrrole nitrogens is 1. The quantitative estimate of drug-likeness (QED) is 0.273. The molecule has 0 radical (unpaired) electrons. The highest BCUT2D eigenvalue weighted by Gasteiger charge is 2.22. The van der Waals surface area contributed by atoms with Gasteiger partial charge in [0.15, 0.2) is 11.4 Å². The molecule has 39 heavy (non-hydrogen) atoms. The molecule has 0 fully saturated rings. The fourth-order valence-corrected chi connectivity index (χ4v) is 4.00. The van der Waals surface area contributed by atoms with Gasteiger partial charge in [0.25, 0.3) is 0 Å². The summed E-state index contributed by atoms with van der Waals surface area (Å²) in [5.41, 5.74) is 2.84. The summed E-state index contributed by atoms with van der Waals surface area (Å²) in [5, 5.41) is 10.0. The van der Waals surface area contributed by atoms with Gasteiger partial charge >= 0.3 is 11.7 Å². The Bertz CT molecular complexity index is 1740. The molecule has 3 N–H and O–H groups in total. The van der Waals surface area contributed by atoms with Crippen LogP contribution < -0.4 is 21.1 Å². The molecule has 2 amide bonds. The highest BCUT2D eigenvalue weighted by Crippen LogP contribution is 2.30. The maximum Gasteiger partial charge on any atom is 0.327 e. The van der Waals surface area contributed by atoms with Crippen LogP contribution in [0.1, 0.15) is 32.0 Å². The van der Waals surface area contributed by atoms with E-state index >= 15 is 0 Å². The van der Waals surface area contributed by atoms with Crippen LogP contribution in [0.3, 0.4) is 0 Å². The number of benzene rings is 2. The molecule has 0 bridgehead atoms. The molecular weight excluding hydrogens is 501 g/mol. The van der Waals surface area contributed by atoms with Crippen LogP contribution in [-0.2, 0) is 12.5 Å². The van der Waals surface area contributed by atoms with Crippen LogP contribution >= 0.6 is 0 Å². The number of amides is 2. The third-order valence-corrected chi connectivity index (χ3v) is 6.17. The zero-order valence-electron chi connectivity index (χ0n) is 22.2. The van der Waals surface area contributed by atoms with Crippen molar-refractivity contribution in [1.29, 1.82) is 0 Å². The number of pyridine rings is 1. The Morgan fingerprint density at radius 1 is 1.05 bits per heavy atom. The van der Waals surface area contributed by atoms with Crippen LogP contribution in [-0.4, -0.2) is 30.3 Å². The second-order valence-electron chi connectivity index (χ2n) is 10.2. The number of nitrogens with one attached hydrogen (secondary N) is 3. The van der Waals surface area contributed by atoms with Crippen LogP contribution in [0.2, 0.25) is 0 Å². The number of hydrogen-bond acceptors (Lipinski definition) is 5. The molecule has 200 valence electrons. The number of carbonyl (C=O) groups is 1. The van der Waals surface area contributed by atoms with Crippen molar-refractivity contribution >= 4 is 28.7 Å². The normalized spacial score (nSPS) is 11.5. The van der Waals surface area contributed by atoms with Gasteiger partial charge in [0.1, 0.15) is 22.9 Å². The maximum absolute atomic E-state index is 15.0. The van der Waals surface area contributed by atoms with Gasteiger partial charge in [0.05, 0.1) is 17.1 Å². The molecule has 0 aliphatic carbocycles. The van der Waals surface area contributed by atoms with E-state index in [0.717, 1.165) is 23.0 Å². The van der Waals surface area contributed by atoms with Crippen molar-refractivity contribution in [1.82, 2.24) is 24.3 Å². The summed E-state index contributed by atoms with van der Waals surface area (Å²) < 4.78 is 23.8. The molecule has 0 saturated carbocycles. The number of imidazole rings is 1. The first kappa shape index (κ1) is 25.7. The Balaban J connectivity index is 1.35. The van der Waals surface area contributed by atoms with E-state index in [1.54, 1.807) is 23.9 Å². The third kappa shape index (κ3) is 5.24. The molecule has 0 spiro atoms. The number of anilines is 2. The summed E-state index contributed by atoms with van der Waals surface area (Å²) >= 11 is 0. The Morgan fingerprint density at radius 3 is 2.49 bits per heavy atom. The summed E-state index contributed by atoms with van der Waals surface area (Å²) in [6.45, 7) is 8.09. The number of halogens is 1. The molecule has 0 atom stereocenters. The SMILES string of the molecule is Cc1ccc(-n2nc(C(C)(C)C)cc2NC(=O)Nc2ccc(Oc3ccnc4[nH]c(=O)n(C)c34)cc2F)cc1. The number of urea groups is 1. The Labute approximate surface area is 223 Å². The number of ether oxygens (including phenoxy) is 1. The lowest BCUT2D eigenvalue weighted by Gasteiger charge is -2.14. The Hall–Kier alpha value is -4.93. The fraction of sp³-hybridized carbons (Fsp3) is 0.214. The summed E-state index contributed by atoms with van der Waals surface area (Å²) in [6.07, 6.45) is 1.48. The number of rotatable bonds is 5. The predicted octanol–water partition coefficient (Wildman–Crippen LogP) is 5.63. The molecular formula is C28H28FN7O3. The van der Waals surface area contributed by atoms with E-state index in [2.05, 4.69) is 20.6 Å². The van der Waals surface area contributed by atoms with Gasteiger partial charge < -0.3 is 10.1 Å². The molecule has 2 aromatic carbocycles. The summed E-state index contributed by atoms with van der Waals surface area (Å²) in [6, 6.07) is 14.6. The van der Waals surface area contributed by atoms with Gasteiger partial charge in [-0.05, 0) is 31.2 Å². The van der Waals surface area contributed by atoms with E-state index in [9.17, 15) is 14.0 Å². The van der Waals surface area contributed by atoms with Gasteiger partial charge in [-0.1, -0.05) is 38.5 Å². The smallest absolute Gasteiger partial charge is 0.327 e. The van der Waals surface area contributed by atoms with Gasteiger partial charge in [-0.2, -0.15) is 5.10 Å². The zero-order chi connectivity index (χ0) is 27.9. The van der Waals surface area contributed by atoms with Crippen LogP contribution in [0.25, 0.3) is 16.9 Å². The number of carbonyl (C=O) groups excluding carboxylic acids is 1. The summed E-state index contributed by atoms with van der Waals surface area (Å²) in [4.78, 5) is 31.6. The Kier molecular flexibility index (Phi) is 6.43. The minimum Gasteiger partial charge on any atom is -0.455 e. The fourth-order valence-electron chi connectivity index (χ4n) is 4.00. The molecule has 10 nitrogen and oxygen atoms in total. The van der Waals surface area contributed by atoms with Crippen molar-refractivity contribution in [2.24, 2.45) is 7.05 Å². The van der Waals surface area contributed by atoms with Crippen molar-refractivity contribution < 1.29 is 13.9 Å². The molecule has 11 heteroatoms. The highest BCUT2D eigenvalue weighted by atomic mass is 19.1. The first-order valence-electron chi connectivity index (χ1n) is 12.3. The van der Waals surface area contributed by atoms with Crippen LogP contribution in [0.15, 0.2) is 65.6 Å². The first-order valence-corrected chi connectivity index (χ1v) is 12.3. The predicted molar refractivity (Wildman–Crippen MR) is 147 cm³/mol. The van der Waals surface area contributed by atoms with Gasteiger partial charge in [0, 0.05) is 36.9 Å². The Morgan fingerprint density at radius 2 is 1.79 bits per heavy atom. The average molecular weight is 530 g/mol. The number of aryl methyl sites for hydroxylation is 2. The van der Waals surface area contributed by atoms with Gasteiger partial charge in [0.2, 0.25) is 0 Å². The minimum absolute atomic E-state index is 0.0359. The average Bonchev–Trinajstić information content (AvgIpc) is 3.42. The molecule has 5 aromatic rings. The van der Waals surface area contributed by atoms with Crippen molar-refractivity contribution in [3.05, 3.63) is 88.4 Å². The monoisotopic (exact) mass is 529 g/mol. The minimum atomic E-state index is -0.696. The molecule has 0 saturated heterocycles. The van der Waals surface area contributed by atoms with Crippen molar-refractivity contribution in [3.8, 4) is 17.2 Å². The van der Waals surface area contributed by atoms with E-state index in [1.165, 1.54) is 22.9 Å². The molecule has 0 unspecified atom stereocenters. The lowest BCUT2D eigenvalue weighted by Crippen LogP contribution is -2.22. The number of aromatic nitrogens is 5. The number of nitrogens with zero attached hydrogens (tertiary/aromatic N) is 4. The largest absolute Gasteiger partial charge is 0.455 e. The highest BCUT2D eigenvalue weighted by molar-refractivity contribution is 5.99. The standard InChI is InChI=1S/C28H28FN7O3/c1-16-6-8-17(9-7-16)36-23(15-22(34-36)28(2,3)4)32-26(37)31-20-11-10-18(14-19(20)29)39-21-12-13-30-25-24(21)35(5)27(38)33-25/h6-15H,1-5H3,(H,30,33,38)(H2,31,32,37). The van der Waals surface area contributed by atoms with Crippen LogP contribution in [0.5, 0.6) is 11.5 Å². The summed E-state index contributed by atoms with van der Waals surface area (Å²) in [5.74, 6) is 0.267. The molecule has 3 aromatic heterocycles. The molecule has 0 aliphatic rings. The lowest BCUT2D eigenvalue weighted by molar-refractivity contribution is 0.262. The molecule has 3 heterocycles. The number of aromatic amines is 1. The molecule has 5 rings (SSSR count). The molecule has 0 aliphatic heterocycles. The van der Waals surface area contributed by atoms with E-state index in [-0.39, 0.29) is 22.5 Å². The van der Waals surface area contributed by atoms with Gasteiger partial charge in [-0.15, -0.1) is 0 Å². The lowest BCUT2D eigenvalue weighted by atomic mass is 9.92. The van der Waals surface area contributed by atoms with Crippen LogP contribution in [0, 0.1) is 12.7 Å². The number of fused-ring (bicyclic) bond motifs is 1. The van der Waals surface area contributed by atoms with Gasteiger partial charge in [-0.25, -0.2) is 23.6 Å². The maximum atomic E-state index is 15.0. The van der Waals surface area contributed by atoms with E-state index in [4.69, 9.17) is 9.84 Å². The van der Waals surface area contributed by atoms with E-state index in [1.807, 2.05) is 52.0 Å². The topological polar surface area (TPSA) is 119 Å². The first-order chi connectivity index (χ1) is 18.5. The van der Waals surface area contributed by atoms with Crippen molar-refractivity contribution in [2.45, 2.75) is 33.1 Å². The second-order valence-corrected chi connectivity index (χ2v) is 10.2. The van der Waals surface area contributed by atoms with Crippen LogP contribution in [0.4, 0.5) is 20.7 Å². The third-order valence-electron chi connectivity index (χ3n) is 6.17. The zero-order valence-corrected chi connectivity index (χ0v) is 22.2. The summed E-state index contributed by atoms with van der Waals surface area (Å²) in [7, 11) is 1.58. The van der Waals surface area contributed by atoms with E-state index < -0.39 is 11.8 Å². The number of hydrogen-bond donors (Lipinski definition) is 3.